The third-order valence-electron chi connectivity index (χ3n) is 4.39. The van der Waals surface area contributed by atoms with Crippen LogP contribution in [0.1, 0.15) is 38.2 Å². The number of nitrogens with zero attached hydrogens (tertiary/aromatic N) is 1. The van der Waals surface area contributed by atoms with E-state index in [1.165, 1.54) is 0 Å². The minimum Gasteiger partial charge on any atom is -0.398 e. The van der Waals surface area contributed by atoms with Gasteiger partial charge in [-0.05, 0) is 49.8 Å². The van der Waals surface area contributed by atoms with Crippen LogP contribution in [0.4, 0.5) is 11.4 Å². The number of carbonyl (C=O) groups excluding carboxylic acids is 1. The molecule has 2 unspecified atom stereocenters. The molecule has 0 bridgehead atoms. The summed E-state index contributed by atoms with van der Waals surface area (Å²) in [5, 5.41) is 0. The minimum absolute atomic E-state index is 0. The number of benzene rings is 1. The van der Waals surface area contributed by atoms with E-state index in [-0.39, 0.29) is 30.5 Å². The molecular weight excluding hydrogens is 288 g/mol. The summed E-state index contributed by atoms with van der Waals surface area (Å²) < 4.78 is 5.85. The summed E-state index contributed by atoms with van der Waals surface area (Å²) in [4.78, 5) is 14.6. The first-order chi connectivity index (χ1) is 9.70. The number of nitrogens with two attached hydrogens (primary N) is 1. The first-order valence-electron chi connectivity index (χ1n) is 7.55. The highest BCUT2D eigenvalue weighted by atomic mass is 35.5. The molecule has 2 aliphatic heterocycles. The SMILES string of the molecule is CCC1CCC(C(=O)N2CCCc3c(N)cccc32)O1.Cl. The highest BCUT2D eigenvalue weighted by molar-refractivity contribution is 5.98. The van der Waals surface area contributed by atoms with Crippen molar-refractivity contribution < 1.29 is 9.53 Å². The summed E-state index contributed by atoms with van der Waals surface area (Å²) in [6.45, 7) is 2.88. The Bertz CT molecular complexity index is 521. The smallest absolute Gasteiger partial charge is 0.256 e. The molecule has 0 aromatic heterocycles. The van der Waals surface area contributed by atoms with Gasteiger partial charge in [-0.15, -0.1) is 12.4 Å². The number of halogens is 1. The zero-order chi connectivity index (χ0) is 14.1. The lowest BCUT2D eigenvalue weighted by atomic mass is 9.99. The van der Waals surface area contributed by atoms with Crippen molar-refractivity contribution in [1.82, 2.24) is 0 Å². The Morgan fingerprint density at radius 2 is 2.24 bits per heavy atom. The predicted molar refractivity (Wildman–Crippen MR) is 87.0 cm³/mol. The summed E-state index contributed by atoms with van der Waals surface area (Å²) in [5.74, 6) is 0.104. The molecule has 3 rings (SSSR count). The molecule has 1 aromatic rings. The van der Waals surface area contributed by atoms with Gasteiger partial charge in [0.2, 0.25) is 0 Å². The second-order valence-electron chi connectivity index (χ2n) is 5.67. The van der Waals surface area contributed by atoms with Gasteiger partial charge in [-0.25, -0.2) is 0 Å². The van der Waals surface area contributed by atoms with Crippen molar-refractivity contribution in [2.75, 3.05) is 17.2 Å². The standard InChI is InChI=1S/C16H22N2O2.ClH/c1-2-11-8-9-15(20-11)16(19)18-10-4-5-12-13(17)6-3-7-14(12)18;/h3,6-7,11,15H,2,4-5,8-10,17H2,1H3;1H. The molecule has 0 spiro atoms. The lowest BCUT2D eigenvalue weighted by Gasteiger charge is -2.32. The molecule has 2 aliphatic rings. The summed E-state index contributed by atoms with van der Waals surface area (Å²) in [6, 6.07) is 5.82. The number of anilines is 2. The molecule has 0 aliphatic carbocycles. The van der Waals surface area contributed by atoms with Gasteiger partial charge in [0.05, 0.1) is 6.10 Å². The van der Waals surface area contributed by atoms with Gasteiger partial charge in [-0.1, -0.05) is 13.0 Å². The zero-order valence-electron chi connectivity index (χ0n) is 12.4. The van der Waals surface area contributed by atoms with E-state index in [0.29, 0.717) is 0 Å². The van der Waals surface area contributed by atoms with E-state index in [2.05, 4.69) is 6.92 Å². The average molecular weight is 311 g/mol. The van der Waals surface area contributed by atoms with Gasteiger partial charge in [-0.2, -0.15) is 0 Å². The van der Waals surface area contributed by atoms with Gasteiger partial charge in [-0.3, -0.25) is 4.79 Å². The summed E-state index contributed by atoms with van der Waals surface area (Å²) in [5.41, 5.74) is 8.91. The van der Waals surface area contributed by atoms with Gasteiger partial charge in [0.1, 0.15) is 6.10 Å². The van der Waals surface area contributed by atoms with Crippen molar-refractivity contribution in [2.24, 2.45) is 0 Å². The maximum absolute atomic E-state index is 12.7. The number of hydrogen-bond acceptors (Lipinski definition) is 3. The molecule has 0 saturated carbocycles. The van der Waals surface area contributed by atoms with Crippen LogP contribution >= 0.6 is 12.4 Å². The van der Waals surface area contributed by atoms with Gasteiger partial charge in [0.25, 0.3) is 5.91 Å². The minimum atomic E-state index is -0.271. The van der Waals surface area contributed by atoms with E-state index in [9.17, 15) is 4.79 Å². The van der Waals surface area contributed by atoms with Crippen LogP contribution in [-0.2, 0) is 16.0 Å². The van der Waals surface area contributed by atoms with Crippen LogP contribution in [0.5, 0.6) is 0 Å². The van der Waals surface area contributed by atoms with Crippen molar-refractivity contribution in [3.8, 4) is 0 Å². The largest absolute Gasteiger partial charge is 0.398 e. The molecule has 1 fully saturated rings. The van der Waals surface area contributed by atoms with E-state index >= 15 is 0 Å². The van der Waals surface area contributed by atoms with Crippen molar-refractivity contribution in [1.29, 1.82) is 0 Å². The fraction of sp³-hybridized carbons (Fsp3) is 0.562. The van der Waals surface area contributed by atoms with E-state index in [1.54, 1.807) is 0 Å². The predicted octanol–water partition coefficient (Wildman–Crippen LogP) is 2.93. The highest BCUT2D eigenvalue weighted by Crippen LogP contribution is 2.33. The van der Waals surface area contributed by atoms with Gasteiger partial charge in [0.15, 0.2) is 0 Å². The first kappa shape index (κ1) is 16.1. The Hall–Kier alpha value is -1.26. The normalized spacial score (nSPS) is 24.3. The molecule has 1 saturated heterocycles. The molecule has 2 atom stereocenters. The van der Waals surface area contributed by atoms with Crippen LogP contribution in [0.3, 0.4) is 0 Å². The number of fused-ring (bicyclic) bond motifs is 1. The fourth-order valence-corrected chi connectivity index (χ4v) is 3.24. The second-order valence-corrected chi connectivity index (χ2v) is 5.67. The molecule has 5 heteroatoms. The zero-order valence-corrected chi connectivity index (χ0v) is 13.2. The van der Waals surface area contributed by atoms with Crippen LogP contribution in [0.15, 0.2) is 18.2 Å². The van der Waals surface area contributed by atoms with Gasteiger partial charge >= 0.3 is 0 Å². The molecule has 1 aromatic carbocycles. The van der Waals surface area contributed by atoms with Gasteiger partial charge < -0.3 is 15.4 Å². The Balaban J connectivity index is 0.00000161. The van der Waals surface area contributed by atoms with Crippen molar-refractivity contribution in [3.05, 3.63) is 23.8 Å². The van der Waals surface area contributed by atoms with Crippen LogP contribution in [-0.4, -0.2) is 24.7 Å². The maximum atomic E-state index is 12.7. The van der Waals surface area contributed by atoms with Crippen molar-refractivity contribution >= 4 is 29.7 Å². The molecule has 2 heterocycles. The monoisotopic (exact) mass is 310 g/mol. The van der Waals surface area contributed by atoms with Crippen LogP contribution in [0, 0.1) is 0 Å². The topological polar surface area (TPSA) is 55.6 Å². The highest BCUT2D eigenvalue weighted by Gasteiger charge is 2.34. The van der Waals surface area contributed by atoms with Gasteiger partial charge in [0, 0.05) is 17.9 Å². The Labute approximate surface area is 132 Å². The summed E-state index contributed by atoms with van der Waals surface area (Å²) in [6.07, 6.45) is 4.70. The number of ether oxygens (including phenoxy) is 1. The Morgan fingerprint density at radius 3 is 2.95 bits per heavy atom. The Kier molecular flexibility index (Phi) is 5.12. The number of amides is 1. The number of carbonyl (C=O) groups is 1. The fourth-order valence-electron chi connectivity index (χ4n) is 3.24. The molecule has 116 valence electrons. The van der Waals surface area contributed by atoms with Crippen molar-refractivity contribution in [3.63, 3.8) is 0 Å². The lowest BCUT2D eigenvalue weighted by Crippen LogP contribution is -2.42. The van der Waals surface area contributed by atoms with E-state index < -0.39 is 0 Å². The van der Waals surface area contributed by atoms with E-state index in [0.717, 1.165) is 55.6 Å². The van der Waals surface area contributed by atoms with Crippen LogP contribution in [0.2, 0.25) is 0 Å². The van der Waals surface area contributed by atoms with E-state index in [4.69, 9.17) is 10.5 Å². The van der Waals surface area contributed by atoms with Crippen LogP contribution < -0.4 is 10.6 Å². The van der Waals surface area contributed by atoms with Crippen LogP contribution in [0.25, 0.3) is 0 Å². The molecule has 2 N–H and O–H groups in total. The number of hydrogen-bond donors (Lipinski definition) is 1. The number of rotatable bonds is 2. The second kappa shape index (κ2) is 6.67. The van der Waals surface area contributed by atoms with E-state index in [1.807, 2.05) is 23.1 Å². The third kappa shape index (κ3) is 3.01. The third-order valence-corrected chi connectivity index (χ3v) is 4.39. The quantitative estimate of drug-likeness (QED) is 0.855. The lowest BCUT2D eigenvalue weighted by molar-refractivity contribution is -0.129. The number of nitrogen functional groups attached to an aromatic ring is 1. The first-order valence-corrected chi connectivity index (χ1v) is 7.55. The average Bonchev–Trinajstić information content (AvgIpc) is 2.95. The molecule has 21 heavy (non-hydrogen) atoms. The molecular formula is C16H23ClN2O2. The van der Waals surface area contributed by atoms with Crippen molar-refractivity contribution in [2.45, 2.75) is 51.2 Å². The molecule has 4 nitrogen and oxygen atoms in total. The molecule has 1 amide bonds. The summed E-state index contributed by atoms with van der Waals surface area (Å²) >= 11 is 0. The maximum Gasteiger partial charge on any atom is 0.256 e. The summed E-state index contributed by atoms with van der Waals surface area (Å²) in [7, 11) is 0. The Morgan fingerprint density at radius 1 is 1.43 bits per heavy atom. The molecule has 0 radical (unpaired) electrons.